The van der Waals surface area contributed by atoms with Crippen LogP contribution in [-0.2, 0) is 9.53 Å². The van der Waals surface area contributed by atoms with Crippen molar-refractivity contribution >= 4 is 44.2 Å². The number of pyridine rings is 1. The summed E-state index contributed by atoms with van der Waals surface area (Å²) in [5.74, 6) is -0.224. The standard InChI is InChI=1S/C14H16BrN3O2/c1-2-20-13(19)5-6-17-14-10-7-9(15)3-4-12(10)18-8-11(14)16/h3-4,7-8H,2,5-6,16H2,1H3,(H,17,18). The number of rotatable bonds is 5. The minimum atomic E-state index is -0.224. The van der Waals surface area contributed by atoms with Crippen molar-refractivity contribution in [3.63, 3.8) is 0 Å². The number of esters is 1. The molecule has 106 valence electrons. The van der Waals surface area contributed by atoms with Crippen molar-refractivity contribution in [2.24, 2.45) is 0 Å². The number of nitrogens with zero attached hydrogens (tertiary/aromatic N) is 1. The van der Waals surface area contributed by atoms with E-state index >= 15 is 0 Å². The van der Waals surface area contributed by atoms with E-state index in [1.165, 1.54) is 0 Å². The Morgan fingerprint density at radius 2 is 2.30 bits per heavy atom. The van der Waals surface area contributed by atoms with Gasteiger partial charge in [-0.05, 0) is 25.1 Å². The second-order valence-electron chi connectivity index (χ2n) is 4.23. The maximum absolute atomic E-state index is 11.3. The highest BCUT2D eigenvalue weighted by molar-refractivity contribution is 9.10. The number of fused-ring (bicyclic) bond motifs is 1. The Labute approximate surface area is 125 Å². The molecular weight excluding hydrogens is 322 g/mol. The quantitative estimate of drug-likeness (QED) is 0.820. The Bertz CT molecular complexity index is 626. The number of nitrogens with one attached hydrogen (secondary N) is 1. The average molecular weight is 338 g/mol. The average Bonchev–Trinajstić information content (AvgIpc) is 2.41. The third-order valence-corrected chi connectivity index (χ3v) is 3.29. The molecule has 0 aliphatic rings. The molecule has 0 amide bonds. The maximum atomic E-state index is 11.3. The first-order chi connectivity index (χ1) is 9.61. The Morgan fingerprint density at radius 1 is 1.50 bits per heavy atom. The van der Waals surface area contributed by atoms with Gasteiger partial charge >= 0.3 is 5.97 Å². The molecule has 3 N–H and O–H groups in total. The van der Waals surface area contributed by atoms with Gasteiger partial charge in [0.1, 0.15) is 0 Å². The predicted octanol–water partition coefficient (Wildman–Crippen LogP) is 2.94. The summed E-state index contributed by atoms with van der Waals surface area (Å²) in [7, 11) is 0. The van der Waals surface area contributed by atoms with Crippen LogP contribution in [0.1, 0.15) is 13.3 Å². The summed E-state index contributed by atoms with van der Waals surface area (Å²) in [6, 6.07) is 5.79. The summed E-state index contributed by atoms with van der Waals surface area (Å²) >= 11 is 3.43. The summed E-state index contributed by atoms with van der Waals surface area (Å²) in [6.45, 7) is 2.65. The molecule has 2 rings (SSSR count). The molecule has 0 saturated carbocycles. The number of anilines is 2. The second-order valence-corrected chi connectivity index (χ2v) is 5.15. The third-order valence-electron chi connectivity index (χ3n) is 2.80. The van der Waals surface area contributed by atoms with E-state index in [1.807, 2.05) is 18.2 Å². The van der Waals surface area contributed by atoms with Crippen LogP contribution in [0.2, 0.25) is 0 Å². The molecule has 1 aromatic heterocycles. The number of ether oxygens (including phenoxy) is 1. The SMILES string of the molecule is CCOC(=O)CCNc1c(N)cnc2ccc(Br)cc12. The summed E-state index contributed by atoms with van der Waals surface area (Å²) in [5, 5.41) is 4.11. The van der Waals surface area contributed by atoms with Crippen molar-refractivity contribution in [1.82, 2.24) is 4.98 Å². The third kappa shape index (κ3) is 3.39. The molecule has 0 bridgehead atoms. The molecule has 0 spiro atoms. The van der Waals surface area contributed by atoms with Gasteiger partial charge in [0.2, 0.25) is 0 Å². The molecule has 0 unspecified atom stereocenters. The van der Waals surface area contributed by atoms with E-state index < -0.39 is 0 Å². The molecular formula is C14H16BrN3O2. The summed E-state index contributed by atoms with van der Waals surface area (Å²) in [5.41, 5.74) is 8.15. The lowest BCUT2D eigenvalue weighted by molar-refractivity contribution is -0.142. The van der Waals surface area contributed by atoms with Gasteiger partial charge in [-0.2, -0.15) is 0 Å². The van der Waals surface area contributed by atoms with E-state index in [0.29, 0.717) is 25.3 Å². The molecule has 0 aliphatic heterocycles. The lowest BCUT2D eigenvalue weighted by Gasteiger charge is -2.12. The van der Waals surface area contributed by atoms with Crippen LogP contribution in [0, 0.1) is 0 Å². The number of aromatic nitrogens is 1. The number of benzene rings is 1. The smallest absolute Gasteiger partial charge is 0.307 e. The number of halogens is 1. The molecule has 0 atom stereocenters. The Kier molecular flexibility index (Phi) is 4.79. The highest BCUT2D eigenvalue weighted by atomic mass is 79.9. The van der Waals surface area contributed by atoms with Gasteiger partial charge in [0.15, 0.2) is 0 Å². The Morgan fingerprint density at radius 3 is 3.05 bits per heavy atom. The lowest BCUT2D eigenvalue weighted by atomic mass is 10.1. The second kappa shape index (κ2) is 6.56. The van der Waals surface area contributed by atoms with Gasteiger partial charge in [0.25, 0.3) is 0 Å². The van der Waals surface area contributed by atoms with Gasteiger partial charge in [0.05, 0.1) is 36.1 Å². The highest BCUT2D eigenvalue weighted by Gasteiger charge is 2.08. The van der Waals surface area contributed by atoms with E-state index in [-0.39, 0.29) is 5.97 Å². The summed E-state index contributed by atoms with van der Waals surface area (Å²) < 4.78 is 5.84. The van der Waals surface area contributed by atoms with Crippen molar-refractivity contribution in [3.05, 3.63) is 28.9 Å². The van der Waals surface area contributed by atoms with Gasteiger partial charge in [-0.1, -0.05) is 15.9 Å². The van der Waals surface area contributed by atoms with E-state index in [0.717, 1.165) is 21.1 Å². The van der Waals surface area contributed by atoms with Crippen LogP contribution in [-0.4, -0.2) is 24.1 Å². The largest absolute Gasteiger partial charge is 0.466 e. The van der Waals surface area contributed by atoms with Crippen molar-refractivity contribution in [2.75, 3.05) is 24.2 Å². The molecule has 6 heteroatoms. The zero-order valence-electron chi connectivity index (χ0n) is 11.1. The number of nitrogen functional groups attached to an aromatic ring is 1. The first-order valence-corrected chi connectivity index (χ1v) is 7.14. The van der Waals surface area contributed by atoms with Crippen molar-refractivity contribution in [2.45, 2.75) is 13.3 Å². The van der Waals surface area contributed by atoms with E-state index in [9.17, 15) is 4.79 Å². The fraction of sp³-hybridized carbons (Fsp3) is 0.286. The molecule has 0 radical (unpaired) electrons. The van der Waals surface area contributed by atoms with Crippen LogP contribution < -0.4 is 11.1 Å². The van der Waals surface area contributed by atoms with Crippen LogP contribution in [0.4, 0.5) is 11.4 Å². The number of carbonyl (C=O) groups is 1. The Hall–Kier alpha value is -1.82. The van der Waals surface area contributed by atoms with Crippen LogP contribution in [0.5, 0.6) is 0 Å². The van der Waals surface area contributed by atoms with Gasteiger partial charge in [-0.25, -0.2) is 0 Å². The minimum absolute atomic E-state index is 0.224. The topological polar surface area (TPSA) is 77.2 Å². The molecule has 1 heterocycles. The maximum Gasteiger partial charge on any atom is 0.307 e. The molecule has 1 aromatic carbocycles. The normalized spacial score (nSPS) is 10.5. The molecule has 0 aliphatic carbocycles. The van der Waals surface area contributed by atoms with Gasteiger partial charge < -0.3 is 15.8 Å². The van der Waals surface area contributed by atoms with E-state index in [2.05, 4.69) is 26.2 Å². The molecule has 5 nitrogen and oxygen atoms in total. The molecule has 0 saturated heterocycles. The lowest BCUT2D eigenvalue weighted by Crippen LogP contribution is -2.12. The van der Waals surface area contributed by atoms with Crippen LogP contribution in [0.15, 0.2) is 28.9 Å². The monoisotopic (exact) mass is 337 g/mol. The van der Waals surface area contributed by atoms with Crippen LogP contribution >= 0.6 is 15.9 Å². The fourth-order valence-electron chi connectivity index (χ4n) is 1.90. The molecule has 2 aromatic rings. The zero-order valence-corrected chi connectivity index (χ0v) is 12.7. The summed E-state index contributed by atoms with van der Waals surface area (Å²) in [4.78, 5) is 15.6. The van der Waals surface area contributed by atoms with Crippen LogP contribution in [0.25, 0.3) is 10.9 Å². The number of carbonyl (C=O) groups excluding carboxylic acids is 1. The van der Waals surface area contributed by atoms with Crippen molar-refractivity contribution in [1.29, 1.82) is 0 Å². The van der Waals surface area contributed by atoms with Crippen LogP contribution in [0.3, 0.4) is 0 Å². The summed E-state index contributed by atoms with van der Waals surface area (Å²) in [6.07, 6.45) is 1.91. The highest BCUT2D eigenvalue weighted by Crippen LogP contribution is 2.29. The first-order valence-electron chi connectivity index (χ1n) is 6.35. The number of hydrogen-bond donors (Lipinski definition) is 2. The van der Waals surface area contributed by atoms with Crippen molar-refractivity contribution < 1.29 is 9.53 Å². The fourth-order valence-corrected chi connectivity index (χ4v) is 2.26. The van der Waals surface area contributed by atoms with E-state index in [1.54, 1.807) is 13.1 Å². The predicted molar refractivity (Wildman–Crippen MR) is 83.6 cm³/mol. The van der Waals surface area contributed by atoms with E-state index in [4.69, 9.17) is 10.5 Å². The number of hydrogen-bond acceptors (Lipinski definition) is 5. The number of nitrogens with two attached hydrogens (primary N) is 1. The molecule has 20 heavy (non-hydrogen) atoms. The molecule has 0 fully saturated rings. The zero-order chi connectivity index (χ0) is 14.5. The van der Waals surface area contributed by atoms with Crippen molar-refractivity contribution in [3.8, 4) is 0 Å². The first kappa shape index (κ1) is 14.6. The van der Waals surface area contributed by atoms with Gasteiger partial charge in [0, 0.05) is 16.4 Å². The Balaban J connectivity index is 2.18. The minimum Gasteiger partial charge on any atom is -0.466 e. The van der Waals surface area contributed by atoms with Gasteiger partial charge in [-0.15, -0.1) is 0 Å². The van der Waals surface area contributed by atoms with Gasteiger partial charge in [-0.3, -0.25) is 9.78 Å².